The molecule has 1 amide bonds. The van der Waals surface area contributed by atoms with E-state index in [2.05, 4.69) is 37.2 Å². The van der Waals surface area contributed by atoms with Crippen molar-refractivity contribution in [3.05, 3.63) is 51.4 Å². The van der Waals surface area contributed by atoms with Crippen LogP contribution in [-0.4, -0.2) is 18.3 Å². The van der Waals surface area contributed by atoms with E-state index in [1.54, 1.807) is 18.7 Å². The monoisotopic (exact) mass is 443 g/mol. The molecule has 2 rings (SSSR count). The summed E-state index contributed by atoms with van der Waals surface area (Å²) in [7, 11) is 0. The largest absolute Gasteiger partial charge is 0.481 e. The maximum Gasteiger partial charge on any atom is 0.265 e. The SMILES string of the molecule is CSc1ccc(OC(C)C(=O)Nc2ccc(Br)cc2Br)cc1. The summed E-state index contributed by atoms with van der Waals surface area (Å²) in [5.41, 5.74) is 0.710. The topological polar surface area (TPSA) is 38.3 Å². The maximum atomic E-state index is 12.2. The Morgan fingerprint density at radius 3 is 2.45 bits per heavy atom. The smallest absolute Gasteiger partial charge is 0.265 e. The van der Waals surface area contributed by atoms with Crippen molar-refractivity contribution in [1.29, 1.82) is 0 Å². The van der Waals surface area contributed by atoms with Crippen LogP contribution in [0.15, 0.2) is 56.3 Å². The fourth-order valence-electron chi connectivity index (χ4n) is 1.74. The van der Waals surface area contributed by atoms with Crippen molar-refractivity contribution in [3.63, 3.8) is 0 Å². The van der Waals surface area contributed by atoms with E-state index in [-0.39, 0.29) is 5.91 Å². The Balaban J connectivity index is 1.99. The van der Waals surface area contributed by atoms with Crippen LogP contribution in [-0.2, 0) is 4.79 Å². The van der Waals surface area contributed by atoms with Crippen molar-refractivity contribution in [2.24, 2.45) is 0 Å². The number of halogens is 2. The second-order valence-electron chi connectivity index (χ2n) is 4.55. The third-order valence-electron chi connectivity index (χ3n) is 2.93. The fourth-order valence-corrected chi connectivity index (χ4v) is 3.29. The van der Waals surface area contributed by atoms with E-state index in [0.717, 1.165) is 13.8 Å². The standard InChI is InChI=1S/C16H15Br2NO2S/c1-10(21-12-4-6-13(22-2)7-5-12)16(20)19-15-8-3-11(17)9-14(15)18/h3-10H,1-2H3,(H,19,20). The summed E-state index contributed by atoms with van der Waals surface area (Å²) in [6.07, 6.45) is 1.43. The molecule has 22 heavy (non-hydrogen) atoms. The number of nitrogens with one attached hydrogen (secondary N) is 1. The van der Waals surface area contributed by atoms with Crippen molar-refractivity contribution in [2.45, 2.75) is 17.9 Å². The fraction of sp³-hybridized carbons (Fsp3) is 0.188. The zero-order valence-corrected chi connectivity index (χ0v) is 16.1. The van der Waals surface area contributed by atoms with Gasteiger partial charge in [0.15, 0.2) is 6.10 Å². The van der Waals surface area contributed by atoms with Crippen LogP contribution in [0.2, 0.25) is 0 Å². The number of carbonyl (C=O) groups excluding carboxylic acids is 1. The van der Waals surface area contributed by atoms with Gasteiger partial charge in [-0.2, -0.15) is 0 Å². The Morgan fingerprint density at radius 1 is 1.18 bits per heavy atom. The highest BCUT2D eigenvalue weighted by molar-refractivity contribution is 9.11. The lowest BCUT2D eigenvalue weighted by Crippen LogP contribution is -2.30. The highest BCUT2D eigenvalue weighted by atomic mass is 79.9. The van der Waals surface area contributed by atoms with Crippen molar-refractivity contribution in [3.8, 4) is 5.75 Å². The van der Waals surface area contributed by atoms with Crippen LogP contribution in [0.5, 0.6) is 5.75 Å². The first-order valence-electron chi connectivity index (χ1n) is 6.56. The summed E-state index contributed by atoms with van der Waals surface area (Å²) in [5.74, 6) is 0.479. The van der Waals surface area contributed by atoms with Gasteiger partial charge in [0, 0.05) is 13.8 Å². The van der Waals surface area contributed by atoms with Crippen molar-refractivity contribution < 1.29 is 9.53 Å². The number of benzene rings is 2. The summed E-state index contributed by atoms with van der Waals surface area (Å²) in [6, 6.07) is 13.2. The molecule has 1 N–H and O–H groups in total. The lowest BCUT2D eigenvalue weighted by Gasteiger charge is -2.15. The van der Waals surface area contributed by atoms with E-state index in [1.807, 2.05) is 48.7 Å². The van der Waals surface area contributed by atoms with Gasteiger partial charge in [-0.15, -0.1) is 11.8 Å². The molecule has 0 heterocycles. The molecule has 0 aliphatic carbocycles. The predicted molar refractivity (Wildman–Crippen MR) is 98.8 cm³/mol. The third kappa shape index (κ3) is 4.76. The molecule has 0 aliphatic heterocycles. The first-order chi connectivity index (χ1) is 10.5. The van der Waals surface area contributed by atoms with Gasteiger partial charge >= 0.3 is 0 Å². The van der Waals surface area contributed by atoms with Crippen LogP contribution in [0.1, 0.15) is 6.92 Å². The number of carbonyl (C=O) groups is 1. The van der Waals surface area contributed by atoms with Gasteiger partial charge in [0.05, 0.1) is 5.69 Å². The Labute approximate surface area is 151 Å². The van der Waals surface area contributed by atoms with Gasteiger partial charge in [-0.3, -0.25) is 4.79 Å². The Morgan fingerprint density at radius 2 is 1.86 bits per heavy atom. The van der Waals surface area contributed by atoms with Gasteiger partial charge < -0.3 is 10.1 Å². The van der Waals surface area contributed by atoms with Crippen LogP contribution in [0.4, 0.5) is 5.69 Å². The first-order valence-corrected chi connectivity index (χ1v) is 9.37. The van der Waals surface area contributed by atoms with Crippen molar-refractivity contribution >= 4 is 55.2 Å². The van der Waals surface area contributed by atoms with Gasteiger partial charge in [-0.05, 0) is 71.6 Å². The maximum absolute atomic E-state index is 12.2. The molecule has 116 valence electrons. The van der Waals surface area contributed by atoms with Gasteiger partial charge in [0.1, 0.15) is 5.75 Å². The summed E-state index contributed by atoms with van der Waals surface area (Å²) in [5, 5.41) is 2.84. The lowest BCUT2D eigenvalue weighted by molar-refractivity contribution is -0.122. The Hall–Kier alpha value is -0.980. The highest BCUT2D eigenvalue weighted by Crippen LogP contribution is 2.26. The van der Waals surface area contributed by atoms with Gasteiger partial charge in [0.25, 0.3) is 5.91 Å². The predicted octanol–water partition coefficient (Wildman–Crippen LogP) is 5.34. The van der Waals surface area contributed by atoms with Crippen LogP contribution in [0, 0.1) is 0 Å². The second kappa shape index (κ2) is 8.04. The molecule has 0 aliphatic rings. The van der Waals surface area contributed by atoms with E-state index in [0.29, 0.717) is 11.4 Å². The molecule has 0 aromatic heterocycles. The van der Waals surface area contributed by atoms with Crippen LogP contribution < -0.4 is 10.1 Å². The average Bonchev–Trinajstić information content (AvgIpc) is 2.50. The molecule has 1 unspecified atom stereocenters. The summed E-state index contributed by atoms with van der Waals surface area (Å²) >= 11 is 8.46. The molecule has 0 bridgehead atoms. The van der Waals surface area contributed by atoms with Crippen molar-refractivity contribution in [2.75, 3.05) is 11.6 Å². The number of hydrogen-bond donors (Lipinski definition) is 1. The van der Waals surface area contributed by atoms with E-state index >= 15 is 0 Å². The molecule has 3 nitrogen and oxygen atoms in total. The zero-order chi connectivity index (χ0) is 16.1. The minimum Gasteiger partial charge on any atom is -0.481 e. The molecule has 0 radical (unpaired) electrons. The van der Waals surface area contributed by atoms with E-state index in [4.69, 9.17) is 4.74 Å². The molecule has 0 fully saturated rings. The summed E-state index contributed by atoms with van der Waals surface area (Å²) in [6.45, 7) is 1.73. The molecule has 6 heteroatoms. The number of ether oxygens (including phenoxy) is 1. The van der Waals surface area contributed by atoms with E-state index in [1.165, 1.54) is 0 Å². The van der Waals surface area contributed by atoms with Gasteiger partial charge in [0.2, 0.25) is 0 Å². The quantitative estimate of drug-likeness (QED) is 0.632. The van der Waals surface area contributed by atoms with Gasteiger partial charge in [-0.25, -0.2) is 0 Å². The second-order valence-corrected chi connectivity index (χ2v) is 7.20. The van der Waals surface area contributed by atoms with Gasteiger partial charge in [-0.1, -0.05) is 15.9 Å². The molecule has 0 saturated carbocycles. The van der Waals surface area contributed by atoms with Crippen LogP contribution in [0.3, 0.4) is 0 Å². The minimum absolute atomic E-state index is 0.197. The van der Waals surface area contributed by atoms with E-state index in [9.17, 15) is 4.79 Å². The number of anilines is 1. The molecular formula is C16H15Br2NO2S. The van der Waals surface area contributed by atoms with E-state index < -0.39 is 6.10 Å². The summed E-state index contributed by atoms with van der Waals surface area (Å²) < 4.78 is 7.42. The molecule has 2 aromatic rings. The number of thioether (sulfide) groups is 1. The number of hydrogen-bond acceptors (Lipinski definition) is 3. The first kappa shape index (κ1) is 17.4. The minimum atomic E-state index is -0.587. The summed E-state index contributed by atoms with van der Waals surface area (Å²) in [4.78, 5) is 13.4. The van der Waals surface area contributed by atoms with Crippen LogP contribution >= 0.6 is 43.6 Å². The number of rotatable bonds is 5. The molecular weight excluding hydrogens is 430 g/mol. The molecule has 0 saturated heterocycles. The molecule has 2 aromatic carbocycles. The van der Waals surface area contributed by atoms with Crippen molar-refractivity contribution in [1.82, 2.24) is 0 Å². The third-order valence-corrected chi connectivity index (χ3v) is 4.82. The zero-order valence-electron chi connectivity index (χ0n) is 12.1. The lowest BCUT2D eigenvalue weighted by atomic mass is 10.3. The highest BCUT2D eigenvalue weighted by Gasteiger charge is 2.16. The molecule has 1 atom stereocenters. The number of amides is 1. The Bertz CT molecular complexity index is 662. The molecule has 0 spiro atoms. The normalized spacial score (nSPS) is 11.8. The average molecular weight is 445 g/mol. The Kier molecular flexibility index (Phi) is 6.35. The van der Waals surface area contributed by atoms with Crippen LogP contribution in [0.25, 0.3) is 0 Å².